The molecule has 0 saturated heterocycles. The molecule has 2 rings (SSSR count). The predicted molar refractivity (Wildman–Crippen MR) is 67.5 cm³/mol. The van der Waals surface area contributed by atoms with E-state index in [2.05, 4.69) is 20.8 Å². The van der Waals surface area contributed by atoms with Crippen molar-refractivity contribution < 1.29 is 4.74 Å². The molecule has 0 unspecified atom stereocenters. The largest absolute Gasteiger partial charge is 0.383 e. The van der Waals surface area contributed by atoms with Crippen LogP contribution in [-0.4, -0.2) is 33.0 Å². The number of methoxy groups -OCH3 is 1. The molecule has 0 aromatic carbocycles. The molecule has 5 nitrogen and oxygen atoms in total. The van der Waals surface area contributed by atoms with Crippen LogP contribution >= 0.6 is 12.2 Å². The zero-order chi connectivity index (χ0) is 12.3. The first-order valence-corrected chi connectivity index (χ1v) is 5.86. The van der Waals surface area contributed by atoms with Gasteiger partial charge in [-0.25, -0.2) is 0 Å². The number of hydrogen-bond acceptors (Lipinski definition) is 3. The fourth-order valence-corrected chi connectivity index (χ4v) is 1.98. The Balaban J connectivity index is 2.21. The van der Waals surface area contributed by atoms with E-state index in [1.165, 1.54) is 5.69 Å². The summed E-state index contributed by atoms with van der Waals surface area (Å²) in [4.78, 5) is 0. The third kappa shape index (κ3) is 2.65. The number of nitrogens with one attached hydrogen (secondary N) is 1. The Labute approximate surface area is 105 Å². The molecule has 0 radical (unpaired) electrons. The van der Waals surface area contributed by atoms with Gasteiger partial charge in [0.1, 0.15) is 5.82 Å². The molecule has 2 aromatic rings. The number of rotatable bonds is 5. The third-order valence-electron chi connectivity index (χ3n) is 2.75. The molecule has 0 aliphatic heterocycles. The molecule has 1 N–H and O–H groups in total. The number of nitrogens with zero attached hydrogens (tertiary/aromatic N) is 3. The number of hydrogen-bond donors (Lipinski definition) is 1. The summed E-state index contributed by atoms with van der Waals surface area (Å²) in [6, 6.07) is 4.11. The summed E-state index contributed by atoms with van der Waals surface area (Å²) in [6.07, 6.45) is 2.79. The van der Waals surface area contributed by atoms with Crippen LogP contribution in [0.1, 0.15) is 11.5 Å². The van der Waals surface area contributed by atoms with E-state index in [1.807, 2.05) is 23.9 Å². The van der Waals surface area contributed by atoms with E-state index < -0.39 is 0 Å². The minimum atomic E-state index is 0.633. The summed E-state index contributed by atoms with van der Waals surface area (Å²) >= 11 is 5.20. The lowest BCUT2D eigenvalue weighted by molar-refractivity contribution is 0.186. The van der Waals surface area contributed by atoms with Crippen molar-refractivity contribution in [2.75, 3.05) is 13.7 Å². The van der Waals surface area contributed by atoms with Crippen LogP contribution in [0.4, 0.5) is 0 Å². The van der Waals surface area contributed by atoms with Crippen LogP contribution in [0.5, 0.6) is 0 Å². The minimum Gasteiger partial charge on any atom is -0.383 e. The fraction of sp³-hybridized carbons (Fsp3) is 0.455. The summed E-state index contributed by atoms with van der Waals surface area (Å²) in [5, 5.41) is 7.09. The van der Waals surface area contributed by atoms with Crippen LogP contribution < -0.4 is 0 Å². The zero-order valence-electron chi connectivity index (χ0n) is 10.0. The molecule has 0 amide bonds. The number of H-pyrrole nitrogens is 1. The molecule has 0 fully saturated rings. The molecule has 0 atom stereocenters. The lowest BCUT2D eigenvalue weighted by Crippen LogP contribution is -2.10. The van der Waals surface area contributed by atoms with Crippen molar-refractivity contribution in [1.82, 2.24) is 19.3 Å². The molecule has 0 saturated carbocycles. The maximum Gasteiger partial charge on any atom is 0.195 e. The summed E-state index contributed by atoms with van der Waals surface area (Å²) in [6.45, 7) is 1.36. The smallest absolute Gasteiger partial charge is 0.195 e. The van der Waals surface area contributed by atoms with Gasteiger partial charge in [-0.3, -0.25) is 5.10 Å². The van der Waals surface area contributed by atoms with Crippen LogP contribution in [-0.2, 0) is 24.8 Å². The summed E-state index contributed by atoms with van der Waals surface area (Å²) in [5.41, 5.74) is 1.21. The van der Waals surface area contributed by atoms with E-state index in [0.717, 1.165) is 18.8 Å². The molecule has 0 aliphatic rings. The lowest BCUT2D eigenvalue weighted by Gasteiger charge is -2.06. The number of ether oxygens (including phenoxy) is 1. The molecule has 0 aliphatic carbocycles. The van der Waals surface area contributed by atoms with E-state index in [-0.39, 0.29) is 0 Å². The molecule has 0 bridgehead atoms. The Morgan fingerprint density at radius 1 is 1.53 bits per heavy atom. The van der Waals surface area contributed by atoms with Gasteiger partial charge in [-0.05, 0) is 24.4 Å². The van der Waals surface area contributed by atoms with E-state index in [9.17, 15) is 0 Å². The number of aryl methyl sites for hydroxylation is 1. The third-order valence-corrected chi connectivity index (χ3v) is 3.06. The van der Waals surface area contributed by atoms with Crippen molar-refractivity contribution in [3.63, 3.8) is 0 Å². The van der Waals surface area contributed by atoms with Gasteiger partial charge in [0, 0.05) is 39.0 Å². The fourth-order valence-electron chi connectivity index (χ4n) is 1.74. The van der Waals surface area contributed by atoms with Crippen LogP contribution in [0, 0.1) is 4.77 Å². The topological polar surface area (TPSA) is 47.8 Å². The molecule has 2 aromatic heterocycles. The van der Waals surface area contributed by atoms with E-state index in [4.69, 9.17) is 17.0 Å². The Morgan fingerprint density at radius 3 is 3.00 bits per heavy atom. The van der Waals surface area contributed by atoms with Gasteiger partial charge in [0.15, 0.2) is 4.77 Å². The van der Waals surface area contributed by atoms with Crippen LogP contribution in [0.2, 0.25) is 0 Å². The Morgan fingerprint density at radius 2 is 2.35 bits per heavy atom. The Kier molecular flexibility index (Phi) is 3.75. The molecule has 0 spiro atoms. The van der Waals surface area contributed by atoms with E-state index in [1.54, 1.807) is 7.11 Å². The average Bonchev–Trinajstić information content (AvgIpc) is 2.86. The van der Waals surface area contributed by atoms with Gasteiger partial charge in [0.2, 0.25) is 0 Å². The number of aromatic amines is 1. The highest BCUT2D eigenvalue weighted by Crippen LogP contribution is 2.08. The molecule has 92 valence electrons. The maximum absolute atomic E-state index is 5.20. The van der Waals surface area contributed by atoms with Crippen molar-refractivity contribution in [2.24, 2.45) is 7.05 Å². The van der Waals surface area contributed by atoms with Gasteiger partial charge in [0.05, 0.1) is 6.61 Å². The second kappa shape index (κ2) is 5.29. The van der Waals surface area contributed by atoms with E-state index >= 15 is 0 Å². The van der Waals surface area contributed by atoms with Crippen molar-refractivity contribution in [1.29, 1.82) is 0 Å². The van der Waals surface area contributed by atoms with Gasteiger partial charge < -0.3 is 13.9 Å². The molecule has 6 heteroatoms. The molecular weight excluding hydrogens is 236 g/mol. The summed E-state index contributed by atoms with van der Waals surface area (Å²) < 4.78 is 9.77. The normalized spacial score (nSPS) is 10.9. The highest BCUT2D eigenvalue weighted by molar-refractivity contribution is 7.71. The van der Waals surface area contributed by atoms with Crippen LogP contribution in [0.25, 0.3) is 0 Å². The Hall–Kier alpha value is -1.40. The SMILES string of the molecule is COCCn1c(Cc2cccn2C)n[nH]c1=S. The second-order valence-electron chi connectivity index (χ2n) is 3.88. The lowest BCUT2D eigenvalue weighted by atomic mass is 10.3. The van der Waals surface area contributed by atoms with Gasteiger partial charge in [-0.1, -0.05) is 0 Å². The first kappa shape index (κ1) is 12.1. The monoisotopic (exact) mass is 252 g/mol. The van der Waals surface area contributed by atoms with Gasteiger partial charge in [-0.2, -0.15) is 5.10 Å². The quantitative estimate of drug-likeness (QED) is 0.821. The van der Waals surface area contributed by atoms with E-state index in [0.29, 0.717) is 11.4 Å². The average molecular weight is 252 g/mol. The molecule has 2 heterocycles. The Bertz CT molecular complexity index is 540. The van der Waals surface area contributed by atoms with Gasteiger partial charge >= 0.3 is 0 Å². The highest BCUT2D eigenvalue weighted by Gasteiger charge is 2.08. The van der Waals surface area contributed by atoms with Crippen LogP contribution in [0.3, 0.4) is 0 Å². The zero-order valence-corrected chi connectivity index (χ0v) is 10.8. The van der Waals surface area contributed by atoms with Crippen molar-refractivity contribution >= 4 is 12.2 Å². The molecular formula is C11H16N4OS. The van der Waals surface area contributed by atoms with Crippen molar-refractivity contribution in [3.05, 3.63) is 34.6 Å². The summed E-state index contributed by atoms with van der Waals surface area (Å²) in [7, 11) is 3.71. The predicted octanol–water partition coefficient (Wildman–Crippen LogP) is 1.52. The van der Waals surface area contributed by atoms with Crippen LogP contribution in [0.15, 0.2) is 18.3 Å². The first-order chi connectivity index (χ1) is 8.22. The van der Waals surface area contributed by atoms with Crippen molar-refractivity contribution in [2.45, 2.75) is 13.0 Å². The highest BCUT2D eigenvalue weighted by atomic mass is 32.1. The minimum absolute atomic E-state index is 0.633. The first-order valence-electron chi connectivity index (χ1n) is 5.45. The van der Waals surface area contributed by atoms with Crippen molar-refractivity contribution in [3.8, 4) is 0 Å². The van der Waals surface area contributed by atoms with Gasteiger partial charge in [-0.15, -0.1) is 0 Å². The molecule has 17 heavy (non-hydrogen) atoms. The maximum atomic E-state index is 5.20. The summed E-state index contributed by atoms with van der Waals surface area (Å²) in [5.74, 6) is 0.939. The van der Waals surface area contributed by atoms with Gasteiger partial charge in [0.25, 0.3) is 0 Å². The standard InChI is InChI=1S/C11H16N4OS/c1-14-5-3-4-9(14)8-10-12-13-11(17)15(10)6-7-16-2/h3-5H,6-8H2,1-2H3,(H,13,17). The number of aromatic nitrogens is 4. The second-order valence-corrected chi connectivity index (χ2v) is 4.26.